The smallest absolute Gasteiger partial charge is 0.320 e. The highest BCUT2D eigenvalue weighted by atomic mass is 16.5. The zero-order chi connectivity index (χ0) is 12.0. The summed E-state index contributed by atoms with van der Waals surface area (Å²) < 4.78 is 4.99. The van der Waals surface area contributed by atoms with Gasteiger partial charge in [0, 0.05) is 5.69 Å². The second kappa shape index (κ2) is 6.07. The molecule has 0 aromatic carbocycles. The molecule has 16 heavy (non-hydrogen) atoms. The van der Waals surface area contributed by atoms with Gasteiger partial charge < -0.3 is 15.2 Å². The third-order valence-corrected chi connectivity index (χ3v) is 2.37. The number of hydrogen-bond donors (Lipinski definition) is 2. The number of nitrogens with zero attached hydrogens (tertiary/aromatic N) is 1. The Labute approximate surface area is 94.5 Å². The number of ether oxygens (including phenoxy) is 1. The third-order valence-electron chi connectivity index (χ3n) is 2.37. The van der Waals surface area contributed by atoms with Gasteiger partial charge >= 0.3 is 5.97 Å². The molecule has 0 radical (unpaired) electrons. The summed E-state index contributed by atoms with van der Waals surface area (Å²) in [6, 6.07) is 3.13. The number of pyridine rings is 1. The van der Waals surface area contributed by atoms with Crippen molar-refractivity contribution < 1.29 is 14.6 Å². The van der Waals surface area contributed by atoms with Crippen LogP contribution in [-0.4, -0.2) is 36.3 Å². The highest BCUT2D eigenvalue weighted by Crippen LogP contribution is 2.09. The fraction of sp³-hybridized carbons (Fsp3) is 0.455. The van der Waals surface area contributed by atoms with Crippen molar-refractivity contribution in [3.63, 3.8) is 0 Å². The number of carboxylic acid groups (broad SMARTS) is 1. The molecule has 0 fully saturated rings. The number of methoxy groups -OCH3 is 1. The SMILES string of the molecule is CN[C@@H](CCc1ccc(OC)cn1)C(=O)O. The zero-order valence-corrected chi connectivity index (χ0v) is 9.43. The maximum atomic E-state index is 10.7. The summed E-state index contributed by atoms with van der Waals surface area (Å²) in [7, 11) is 3.22. The molecule has 1 aromatic rings. The van der Waals surface area contributed by atoms with Gasteiger partial charge in [-0.25, -0.2) is 0 Å². The van der Waals surface area contributed by atoms with Crippen LogP contribution in [0.15, 0.2) is 18.3 Å². The van der Waals surface area contributed by atoms with Gasteiger partial charge in [0.2, 0.25) is 0 Å². The molecule has 0 spiro atoms. The van der Waals surface area contributed by atoms with Crippen LogP contribution in [0.2, 0.25) is 0 Å². The van der Waals surface area contributed by atoms with Gasteiger partial charge in [-0.05, 0) is 32.0 Å². The largest absolute Gasteiger partial charge is 0.495 e. The van der Waals surface area contributed by atoms with Gasteiger partial charge in [0.25, 0.3) is 0 Å². The summed E-state index contributed by atoms with van der Waals surface area (Å²) in [6.45, 7) is 0. The predicted octanol–water partition coefficient (Wildman–Crippen LogP) is 0.695. The molecule has 0 saturated heterocycles. The first-order valence-electron chi connectivity index (χ1n) is 5.06. The van der Waals surface area contributed by atoms with Gasteiger partial charge in [-0.3, -0.25) is 9.78 Å². The second-order valence-corrected chi connectivity index (χ2v) is 3.41. The molecule has 1 rings (SSSR count). The number of aliphatic carboxylic acids is 1. The Morgan fingerprint density at radius 3 is 2.81 bits per heavy atom. The Morgan fingerprint density at radius 2 is 2.38 bits per heavy atom. The molecule has 0 saturated carbocycles. The van der Waals surface area contributed by atoms with E-state index in [1.807, 2.05) is 12.1 Å². The van der Waals surface area contributed by atoms with Crippen LogP contribution < -0.4 is 10.1 Å². The Kier molecular flexibility index (Phi) is 4.72. The van der Waals surface area contributed by atoms with Crippen molar-refractivity contribution in [3.8, 4) is 5.75 Å². The lowest BCUT2D eigenvalue weighted by atomic mass is 10.1. The van der Waals surface area contributed by atoms with Crippen LogP contribution in [0.5, 0.6) is 5.75 Å². The summed E-state index contributed by atoms with van der Waals surface area (Å²) in [5, 5.41) is 11.6. The predicted molar refractivity (Wildman–Crippen MR) is 59.6 cm³/mol. The molecule has 0 unspecified atom stereocenters. The first-order valence-corrected chi connectivity index (χ1v) is 5.06. The molecule has 5 nitrogen and oxygen atoms in total. The molecule has 1 heterocycles. The van der Waals surface area contributed by atoms with Crippen LogP contribution in [0, 0.1) is 0 Å². The van der Waals surface area contributed by atoms with E-state index < -0.39 is 12.0 Å². The van der Waals surface area contributed by atoms with Gasteiger partial charge in [-0.1, -0.05) is 0 Å². The summed E-state index contributed by atoms with van der Waals surface area (Å²) in [5.41, 5.74) is 0.863. The number of aromatic nitrogens is 1. The van der Waals surface area contributed by atoms with E-state index in [4.69, 9.17) is 9.84 Å². The molecule has 5 heteroatoms. The number of nitrogens with one attached hydrogen (secondary N) is 1. The topological polar surface area (TPSA) is 71.5 Å². The number of hydrogen-bond acceptors (Lipinski definition) is 4. The summed E-state index contributed by atoms with van der Waals surface area (Å²) in [5.74, 6) is -0.136. The molecular weight excluding hydrogens is 208 g/mol. The highest BCUT2D eigenvalue weighted by molar-refractivity contribution is 5.73. The van der Waals surface area contributed by atoms with Crippen molar-refractivity contribution in [2.45, 2.75) is 18.9 Å². The van der Waals surface area contributed by atoms with Crippen LogP contribution in [0.25, 0.3) is 0 Å². The highest BCUT2D eigenvalue weighted by Gasteiger charge is 2.14. The quantitative estimate of drug-likeness (QED) is 0.744. The van der Waals surface area contributed by atoms with Crippen molar-refractivity contribution in [2.75, 3.05) is 14.2 Å². The molecule has 88 valence electrons. The van der Waals surface area contributed by atoms with Crippen LogP contribution in [0.1, 0.15) is 12.1 Å². The standard InChI is InChI=1S/C11H16N2O3/c1-12-10(11(14)15)6-4-8-3-5-9(16-2)7-13-8/h3,5,7,10,12H,4,6H2,1-2H3,(H,14,15)/t10-/m0/s1. The molecule has 0 aliphatic carbocycles. The van der Waals surface area contributed by atoms with E-state index in [1.54, 1.807) is 20.4 Å². The van der Waals surface area contributed by atoms with Crippen molar-refractivity contribution in [3.05, 3.63) is 24.0 Å². The van der Waals surface area contributed by atoms with Crippen LogP contribution >= 0.6 is 0 Å². The first-order chi connectivity index (χ1) is 7.67. The summed E-state index contributed by atoms with van der Waals surface area (Å²) in [4.78, 5) is 14.9. The Balaban J connectivity index is 2.50. The Bertz CT molecular complexity index is 338. The lowest BCUT2D eigenvalue weighted by molar-refractivity contribution is -0.139. The average Bonchev–Trinajstić information content (AvgIpc) is 2.30. The number of aryl methyl sites for hydroxylation is 1. The number of carboxylic acids is 1. The number of likely N-dealkylation sites (N-methyl/N-ethyl adjacent to an activating group) is 1. The summed E-state index contributed by atoms with van der Waals surface area (Å²) >= 11 is 0. The van der Waals surface area contributed by atoms with E-state index in [0.29, 0.717) is 18.6 Å². The monoisotopic (exact) mass is 224 g/mol. The Morgan fingerprint density at radius 1 is 1.62 bits per heavy atom. The van der Waals surface area contributed by atoms with Crippen molar-refractivity contribution >= 4 is 5.97 Å². The zero-order valence-electron chi connectivity index (χ0n) is 9.43. The van der Waals surface area contributed by atoms with Crippen molar-refractivity contribution in [1.29, 1.82) is 0 Å². The lowest BCUT2D eigenvalue weighted by Crippen LogP contribution is -2.34. The molecule has 1 aromatic heterocycles. The molecule has 0 aliphatic heterocycles. The lowest BCUT2D eigenvalue weighted by Gasteiger charge is -2.10. The van der Waals surface area contributed by atoms with Gasteiger partial charge in [-0.2, -0.15) is 0 Å². The van der Waals surface area contributed by atoms with Crippen LogP contribution in [-0.2, 0) is 11.2 Å². The van der Waals surface area contributed by atoms with Gasteiger partial charge in [0.1, 0.15) is 11.8 Å². The maximum Gasteiger partial charge on any atom is 0.320 e. The maximum absolute atomic E-state index is 10.7. The molecule has 1 atom stereocenters. The number of rotatable bonds is 6. The number of carbonyl (C=O) groups is 1. The molecular formula is C11H16N2O3. The molecule has 0 amide bonds. The minimum absolute atomic E-state index is 0.519. The normalized spacial score (nSPS) is 12.1. The molecule has 2 N–H and O–H groups in total. The van der Waals surface area contributed by atoms with E-state index in [9.17, 15) is 4.79 Å². The van der Waals surface area contributed by atoms with Crippen molar-refractivity contribution in [1.82, 2.24) is 10.3 Å². The minimum atomic E-state index is -0.837. The summed E-state index contributed by atoms with van der Waals surface area (Å²) in [6.07, 6.45) is 2.78. The fourth-order valence-corrected chi connectivity index (χ4v) is 1.36. The van der Waals surface area contributed by atoms with Crippen LogP contribution in [0.4, 0.5) is 0 Å². The van der Waals surface area contributed by atoms with E-state index >= 15 is 0 Å². The first kappa shape index (κ1) is 12.4. The van der Waals surface area contributed by atoms with Gasteiger partial charge in [0.05, 0.1) is 13.3 Å². The van der Waals surface area contributed by atoms with E-state index in [-0.39, 0.29) is 0 Å². The second-order valence-electron chi connectivity index (χ2n) is 3.41. The van der Waals surface area contributed by atoms with Gasteiger partial charge in [-0.15, -0.1) is 0 Å². The average molecular weight is 224 g/mol. The van der Waals surface area contributed by atoms with Crippen molar-refractivity contribution in [2.24, 2.45) is 0 Å². The van der Waals surface area contributed by atoms with Crippen LogP contribution in [0.3, 0.4) is 0 Å². The van der Waals surface area contributed by atoms with Gasteiger partial charge in [0.15, 0.2) is 0 Å². The molecule has 0 bridgehead atoms. The van der Waals surface area contributed by atoms with E-state index in [2.05, 4.69) is 10.3 Å². The Hall–Kier alpha value is -1.62. The third kappa shape index (κ3) is 3.51. The minimum Gasteiger partial charge on any atom is -0.495 e. The van der Waals surface area contributed by atoms with E-state index in [0.717, 1.165) is 5.69 Å². The van der Waals surface area contributed by atoms with E-state index in [1.165, 1.54) is 0 Å². The fourth-order valence-electron chi connectivity index (χ4n) is 1.36. The molecule has 0 aliphatic rings.